The highest BCUT2D eigenvalue weighted by Gasteiger charge is 2.20. The second kappa shape index (κ2) is 4.53. The van der Waals surface area contributed by atoms with Gasteiger partial charge >= 0.3 is 0 Å². The largest absolute Gasteiger partial charge is 0.383 e. The van der Waals surface area contributed by atoms with Crippen LogP contribution in [0.3, 0.4) is 0 Å². The number of aliphatic hydroxyl groups excluding tert-OH is 1. The van der Waals surface area contributed by atoms with E-state index in [-0.39, 0.29) is 10.6 Å². The van der Waals surface area contributed by atoms with E-state index in [0.29, 0.717) is 5.56 Å². The van der Waals surface area contributed by atoms with Crippen molar-refractivity contribution in [3.8, 4) is 0 Å². The number of halogens is 2. The summed E-state index contributed by atoms with van der Waals surface area (Å²) in [4.78, 5) is 0.965. The lowest BCUT2D eigenvalue weighted by molar-refractivity contribution is 0.215. The fourth-order valence-electron chi connectivity index (χ4n) is 1.61. The molecule has 0 aliphatic heterocycles. The van der Waals surface area contributed by atoms with Gasteiger partial charge in [0, 0.05) is 15.5 Å². The van der Waals surface area contributed by atoms with Crippen molar-refractivity contribution in [2.75, 3.05) is 0 Å². The van der Waals surface area contributed by atoms with Gasteiger partial charge in [0.15, 0.2) is 0 Å². The summed E-state index contributed by atoms with van der Waals surface area (Å²) in [6.07, 6.45) is -1.00. The minimum Gasteiger partial charge on any atom is -0.383 e. The average molecular weight is 257 g/mol. The van der Waals surface area contributed by atoms with Gasteiger partial charge in [-0.25, -0.2) is 4.39 Å². The molecular weight excluding hydrogens is 247 g/mol. The van der Waals surface area contributed by atoms with Gasteiger partial charge in [-0.2, -0.15) is 0 Å². The Labute approximate surface area is 102 Å². The molecule has 0 spiro atoms. The topological polar surface area (TPSA) is 20.2 Å². The van der Waals surface area contributed by atoms with E-state index in [1.165, 1.54) is 23.5 Å². The normalized spacial score (nSPS) is 12.8. The van der Waals surface area contributed by atoms with Crippen LogP contribution in [0.25, 0.3) is 0 Å². The first-order chi connectivity index (χ1) is 7.61. The fourth-order valence-corrected chi connectivity index (χ4v) is 2.61. The van der Waals surface area contributed by atoms with Crippen molar-refractivity contribution in [1.82, 2.24) is 0 Å². The first kappa shape index (κ1) is 11.6. The van der Waals surface area contributed by atoms with Crippen LogP contribution in [0, 0.1) is 12.7 Å². The van der Waals surface area contributed by atoms with Gasteiger partial charge < -0.3 is 5.11 Å². The van der Waals surface area contributed by atoms with Crippen LogP contribution in [0.2, 0.25) is 5.02 Å². The minimum absolute atomic E-state index is 0.144. The maximum atomic E-state index is 13.6. The number of aliphatic hydroxyl groups is 1. The Morgan fingerprint density at radius 3 is 2.69 bits per heavy atom. The van der Waals surface area contributed by atoms with Crippen molar-refractivity contribution >= 4 is 22.9 Å². The van der Waals surface area contributed by atoms with Crippen LogP contribution >= 0.6 is 22.9 Å². The molecule has 0 bridgehead atoms. The summed E-state index contributed by atoms with van der Waals surface area (Å²) in [6.45, 7) is 1.89. The summed E-state index contributed by atoms with van der Waals surface area (Å²) in [5.74, 6) is -0.481. The molecular formula is C12H10ClFOS. The van der Waals surface area contributed by atoms with E-state index in [4.69, 9.17) is 11.6 Å². The van der Waals surface area contributed by atoms with E-state index < -0.39 is 11.9 Å². The van der Waals surface area contributed by atoms with Gasteiger partial charge in [-0.05, 0) is 36.1 Å². The predicted octanol–water partition coefficient (Wildman–Crippen LogP) is 3.93. The van der Waals surface area contributed by atoms with Gasteiger partial charge in [0.1, 0.15) is 11.9 Å². The second-order valence-corrected chi connectivity index (χ2v) is 5.00. The molecule has 2 aromatic rings. The number of hydrogen-bond acceptors (Lipinski definition) is 2. The standard InChI is InChI=1S/C12H10ClFOS/c1-7-8(5-6-16-7)12(15)11-9(13)3-2-4-10(11)14/h2-6,12,15H,1H3. The van der Waals surface area contributed by atoms with Crippen LogP contribution in [0.4, 0.5) is 4.39 Å². The number of aryl methyl sites for hydroxylation is 1. The van der Waals surface area contributed by atoms with Crippen molar-refractivity contribution in [3.05, 3.63) is 56.5 Å². The highest BCUT2D eigenvalue weighted by Crippen LogP contribution is 2.33. The molecule has 4 heteroatoms. The Morgan fingerprint density at radius 2 is 2.12 bits per heavy atom. The van der Waals surface area contributed by atoms with E-state index in [9.17, 15) is 9.50 Å². The van der Waals surface area contributed by atoms with E-state index in [1.807, 2.05) is 12.3 Å². The molecule has 1 aromatic carbocycles. The Morgan fingerprint density at radius 1 is 1.38 bits per heavy atom. The zero-order chi connectivity index (χ0) is 11.7. The molecule has 2 rings (SSSR count). The molecule has 0 saturated carbocycles. The Balaban J connectivity index is 2.49. The first-order valence-electron chi connectivity index (χ1n) is 4.77. The zero-order valence-electron chi connectivity index (χ0n) is 8.58. The van der Waals surface area contributed by atoms with Crippen LogP contribution < -0.4 is 0 Å². The van der Waals surface area contributed by atoms with Crippen molar-refractivity contribution in [2.45, 2.75) is 13.0 Å². The lowest BCUT2D eigenvalue weighted by Gasteiger charge is -2.13. The maximum Gasteiger partial charge on any atom is 0.130 e. The van der Waals surface area contributed by atoms with Gasteiger partial charge in [-0.15, -0.1) is 11.3 Å². The third kappa shape index (κ3) is 1.98. The molecule has 1 atom stereocenters. The second-order valence-electron chi connectivity index (χ2n) is 3.47. The van der Waals surface area contributed by atoms with E-state index in [1.54, 1.807) is 12.1 Å². The average Bonchev–Trinajstić information content (AvgIpc) is 2.64. The van der Waals surface area contributed by atoms with Gasteiger partial charge in [0.05, 0.1) is 0 Å². The van der Waals surface area contributed by atoms with Crippen molar-refractivity contribution in [1.29, 1.82) is 0 Å². The molecule has 0 amide bonds. The summed E-state index contributed by atoms with van der Waals surface area (Å²) >= 11 is 7.41. The summed E-state index contributed by atoms with van der Waals surface area (Å²) in [6, 6.07) is 6.18. The van der Waals surface area contributed by atoms with Gasteiger partial charge in [-0.1, -0.05) is 17.7 Å². The monoisotopic (exact) mass is 256 g/mol. The first-order valence-corrected chi connectivity index (χ1v) is 6.03. The SMILES string of the molecule is Cc1sccc1C(O)c1c(F)cccc1Cl. The quantitative estimate of drug-likeness (QED) is 0.863. The molecule has 84 valence electrons. The Bertz CT molecular complexity index is 489. The molecule has 16 heavy (non-hydrogen) atoms. The van der Waals surface area contributed by atoms with Gasteiger partial charge in [-0.3, -0.25) is 0 Å². The summed E-state index contributed by atoms with van der Waals surface area (Å²) in [5.41, 5.74) is 0.850. The van der Waals surface area contributed by atoms with E-state index >= 15 is 0 Å². The van der Waals surface area contributed by atoms with Gasteiger partial charge in [0.2, 0.25) is 0 Å². The highest BCUT2D eigenvalue weighted by molar-refractivity contribution is 7.10. The maximum absolute atomic E-state index is 13.6. The molecule has 0 radical (unpaired) electrons. The summed E-state index contributed by atoms with van der Waals surface area (Å²) in [7, 11) is 0. The van der Waals surface area contributed by atoms with E-state index in [0.717, 1.165) is 4.88 Å². The van der Waals surface area contributed by atoms with Gasteiger partial charge in [0.25, 0.3) is 0 Å². The highest BCUT2D eigenvalue weighted by atomic mass is 35.5. The lowest BCUT2D eigenvalue weighted by atomic mass is 10.0. The molecule has 1 unspecified atom stereocenters. The lowest BCUT2D eigenvalue weighted by Crippen LogP contribution is -2.03. The minimum atomic E-state index is -1.00. The summed E-state index contributed by atoms with van der Waals surface area (Å²) < 4.78 is 13.6. The van der Waals surface area contributed by atoms with Crippen LogP contribution in [0.15, 0.2) is 29.6 Å². The molecule has 0 aliphatic rings. The smallest absolute Gasteiger partial charge is 0.130 e. The zero-order valence-corrected chi connectivity index (χ0v) is 10.1. The van der Waals surface area contributed by atoms with Crippen LogP contribution in [-0.2, 0) is 0 Å². The van der Waals surface area contributed by atoms with Crippen LogP contribution in [0.1, 0.15) is 22.1 Å². The van der Waals surface area contributed by atoms with E-state index in [2.05, 4.69) is 0 Å². The number of hydrogen-bond donors (Lipinski definition) is 1. The van der Waals surface area contributed by atoms with Crippen molar-refractivity contribution in [3.63, 3.8) is 0 Å². The molecule has 0 saturated heterocycles. The van der Waals surface area contributed by atoms with Crippen molar-refractivity contribution in [2.24, 2.45) is 0 Å². The molecule has 0 aliphatic carbocycles. The number of benzene rings is 1. The fraction of sp³-hybridized carbons (Fsp3) is 0.167. The Kier molecular flexibility index (Phi) is 3.28. The Hall–Kier alpha value is -0.900. The van der Waals surface area contributed by atoms with Crippen LogP contribution in [0.5, 0.6) is 0 Å². The third-order valence-electron chi connectivity index (χ3n) is 2.47. The predicted molar refractivity (Wildman–Crippen MR) is 64.5 cm³/mol. The molecule has 1 N–H and O–H groups in total. The molecule has 1 heterocycles. The van der Waals surface area contributed by atoms with Crippen LogP contribution in [-0.4, -0.2) is 5.11 Å². The molecule has 1 aromatic heterocycles. The molecule has 1 nitrogen and oxygen atoms in total. The number of thiophene rings is 1. The third-order valence-corrected chi connectivity index (χ3v) is 3.66. The van der Waals surface area contributed by atoms with Crippen molar-refractivity contribution < 1.29 is 9.50 Å². The summed E-state index contributed by atoms with van der Waals surface area (Å²) in [5, 5.41) is 12.2. The molecule has 0 fully saturated rings. The number of rotatable bonds is 2.